The Labute approximate surface area is 179 Å². The number of benzene rings is 2. The molecule has 2 aromatic rings. The molecule has 0 aromatic heterocycles. The highest BCUT2D eigenvalue weighted by Crippen LogP contribution is 2.37. The number of rotatable bonds is 5. The van der Waals surface area contributed by atoms with E-state index in [-0.39, 0.29) is 16.8 Å². The minimum absolute atomic E-state index is 0.210. The Bertz CT molecular complexity index is 951. The predicted octanol–water partition coefficient (Wildman–Crippen LogP) is 4.13. The van der Waals surface area contributed by atoms with Gasteiger partial charge in [-0.25, -0.2) is 0 Å². The Morgan fingerprint density at radius 1 is 1.14 bits per heavy atom. The summed E-state index contributed by atoms with van der Waals surface area (Å²) in [5.74, 6) is 1.20. The number of amides is 2. The molecule has 1 saturated heterocycles. The Balaban J connectivity index is 1.81. The van der Waals surface area contributed by atoms with E-state index in [1.807, 2.05) is 32.0 Å². The molecular weight excluding hydrogens is 412 g/mol. The van der Waals surface area contributed by atoms with Gasteiger partial charge >= 0.3 is 0 Å². The number of halogens is 1. The predicted molar refractivity (Wildman–Crippen MR) is 116 cm³/mol. The van der Waals surface area contributed by atoms with Gasteiger partial charge in [-0.1, -0.05) is 17.7 Å². The minimum Gasteiger partial charge on any atom is -0.493 e. The van der Waals surface area contributed by atoms with Gasteiger partial charge in [0.2, 0.25) is 5.91 Å². The molecule has 0 radical (unpaired) electrons. The molecule has 154 valence electrons. The van der Waals surface area contributed by atoms with Gasteiger partial charge in [-0.05, 0) is 49.2 Å². The fraction of sp³-hybridized carbons (Fsp3) is 0.333. The monoisotopic (exact) mass is 434 g/mol. The third kappa shape index (κ3) is 4.46. The number of aryl methyl sites for hydroxylation is 2. The Kier molecular flexibility index (Phi) is 6.59. The van der Waals surface area contributed by atoms with Gasteiger partial charge in [0.05, 0.1) is 25.1 Å². The topological polar surface area (TPSA) is 67.9 Å². The average molecular weight is 435 g/mol. The normalized spacial score (nSPS) is 15.9. The van der Waals surface area contributed by atoms with E-state index in [1.165, 1.54) is 32.0 Å². The molecule has 1 aliphatic heterocycles. The Morgan fingerprint density at radius 2 is 1.90 bits per heavy atom. The van der Waals surface area contributed by atoms with Crippen LogP contribution >= 0.6 is 23.4 Å². The van der Waals surface area contributed by atoms with Crippen LogP contribution in [0.3, 0.4) is 0 Å². The lowest BCUT2D eigenvalue weighted by Gasteiger charge is -2.24. The first-order valence-corrected chi connectivity index (χ1v) is 10.6. The van der Waals surface area contributed by atoms with Crippen LogP contribution in [0.15, 0.2) is 30.3 Å². The number of ether oxygens (including phenoxy) is 2. The van der Waals surface area contributed by atoms with Gasteiger partial charge in [0.1, 0.15) is 6.04 Å². The smallest absolute Gasteiger partial charge is 0.255 e. The lowest BCUT2D eigenvalue weighted by atomic mass is 10.1. The third-order valence-electron chi connectivity index (χ3n) is 4.90. The summed E-state index contributed by atoms with van der Waals surface area (Å²) in [5.41, 5.74) is 3.31. The molecule has 2 aromatic carbocycles. The van der Waals surface area contributed by atoms with Crippen LogP contribution in [0.1, 0.15) is 21.5 Å². The van der Waals surface area contributed by atoms with Crippen molar-refractivity contribution in [3.63, 3.8) is 0 Å². The molecule has 1 aliphatic rings. The van der Waals surface area contributed by atoms with Crippen LogP contribution in [0.25, 0.3) is 0 Å². The van der Waals surface area contributed by atoms with Crippen LogP contribution in [0.4, 0.5) is 5.69 Å². The molecule has 6 nitrogen and oxygen atoms in total. The first-order chi connectivity index (χ1) is 13.8. The second kappa shape index (κ2) is 8.97. The van der Waals surface area contributed by atoms with Crippen molar-refractivity contribution in [3.8, 4) is 11.5 Å². The molecule has 1 N–H and O–H groups in total. The molecule has 1 heterocycles. The molecule has 1 unspecified atom stereocenters. The Morgan fingerprint density at radius 3 is 2.55 bits per heavy atom. The number of hydrogen-bond donors (Lipinski definition) is 1. The van der Waals surface area contributed by atoms with Gasteiger partial charge < -0.3 is 19.7 Å². The highest BCUT2D eigenvalue weighted by Gasteiger charge is 2.35. The number of anilines is 1. The summed E-state index contributed by atoms with van der Waals surface area (Å²) in [7, 11) is 2.96. The molecular formula is C21H23ClN2O4S. The number of thioether (sulfide) groups is 1. The maximum absolute atomic E-state index is 13.1. The zero-order valence-electron chi connectivity index (χ0n) is 16.7. The van der Waals surface area contributed by atoms with Crippen molar-refractivity contribution in [1.82, 2.24) is 4.90 Å². The van der Waals surface area contributed by atoms with Gasteiger partial charge in [0.25, 0.3) is 5.91 Å². The van der Waals surface area contributed by atoms with Crippen molar-refractivity contribution < 1.29 is 19.1 Å². The van der Waals surface area contributed by atoms with Crippen LogP contribution in [0.5, 0.6) is 11.5 Å². The minimum atomic E-state index is -0.569. The fourth-order valence-electron chi connectivity index (χ4n) is 3.11. The third-order valence-corrected chi connectivity index (χ3v) is 6.19. The molecule has 0 bridgehead atoms. The lowest BCUT2D eigenvalue weighted by molar-refractivity contribution is -0.119. The van der Waals surface area contributed by atoms with Gasteiger partial charge in [-0.3, -0.25) is 9.59 Å². The first kappa shape index (κ1) is 21.3. The summed E-state index contributed by atoms with van der Waals surface area (Å²) in [4.78, 5) is 27.5. The number of nitrogens with zero attached hydrogens (tertiary/aromatic N) is 1. The number of carbonyl (C=O) groups excluding carboxylic acids is 2. The fourth-order valence-corrected chi connectivity index (χ4v) is 4.55. The lowest BCUT2D eigenvalue weighted by Crippen LogP contribution is -2.44. The first-order valence-electron chi connectivity index (χ1n) is 9.04. The molecule has 0 saturated carbocycles. The Hall–Kier alpha value is -2.38. The summed E-state index contributed by atoms with van der Waals surface area (Å²) < 4.78 is 10.5. The van der Waals surface area contributed by atoms with Gasteiger partial charge in [-0.15, -0.1) is 11.8 Å². The van der Waals surface area contributed by atoms with Crippen molar-refractivity contribution in [3.05, 3.63) is 52.0 Å². The van der Waals surface area contributed by atoms with E-state index < -0.39 is 6.04 Å². The summed E-state index contributed by atoms with van der Waals surface area (Å²) in [5, 5.41) is 3.20. The average Bonchev–Trinajstić information content (AvgIpc) is 3.19. The van der Waals surface area contributed by atoms with Crippen molar-refractivity contribution in [2.75, 3.05) is 31.2 Å². The zero-order valence-corrected chi connectivity index (χ0v) is 18.3. The molecule has 1 atom stereocenters. The highest BCUT2D eigenvalue weighted by molar-refractivity contribution is 7.99. The summed E-state index contributed by atoms with van der Waals surface area (Å²) >= 11 is 7.77. The number of hydrogen-bond acceptors (Lipinski definition) is 5. The number of methoxy groups -OCH3 is 2. The van der Waals surface area contributed by atoms with Crippen molar-refractivity contribution >= 4 is 40.9 Å². The maximum atomic E-state index is 13.1. The number of nitrogens with one attached hydrogen (secondary N) is 1. The van der Waals surface area contributed by atoms with Crippen molar-refractivity contribution in [1.29, 1.82) is 0 Å². The maximum Gasteiger partial charge on any atom is 0.255 e. The standard InChI is InChI=1S/C21H23ClN2O4S/c1-12-5-6-15(7-13(12)2)23-20(25)17-10-29-11-24(17)21(26)14-8-16(22)19(28-4)18(9-14)27-3/h5-9,17H,10-11H2,1-4H3,(H,23,25). The zero-order chi connectivity index (χ0) is 21.1. The molecule has 3 rings (SSSR count). The van der Waals surface area contributed by atoms with Crippen molar-refractivity contribution in [2.24, 2.45) is 0 Å². The van der Waals surface area contributed by atoms with Crippen molar-refractivity contribution in [2.45, 2.75) is 19.9 Å². The van der Waals surface area contributed by atoms with E-state index in [1.54, 1.807) is 11.0 Å². The van der Waals surface area contributed by atoms with E-state index >= 15 is 0 Å². The molecule has 1 fully saturated rings. The van der Waals surface area contributed by atoms with Gasteiger partial charge in [0, 0.05) is 17.0 Å². The van der Waals surface area contributed by atoms with Crippen LogP contribution in [0, 0.1) is 13.8 Å². The molecule has 8 heteroatoms. The van der Waals surface area contributed by atoms with E-state index in [0.29, 0.717) is 28.7 Å². The van der Waals surface area contributed by atoms with Gasteiger partial charge in [-0.2, -0.15) is 0 Å². The van der Waals surface area contributed by atoms with E-state index in [4.69, 9.17) is 21.1 Å². The van der Waals surface area contributed by atoms with Crippen LogP contribution in [-0.4, -0.2) is 48.6 Å². The molecule has 0 aliphatic carbocycles. The highest BCUT2D eigenvalue weighted by atomic mass is 35.5. The van der Waals surface area contributed by atoms with Crippen LogP contribution < -0.4 is 14.8 Å². The molecule has 29 heavy (non-hydrogen) atoms. The van der Waals surface area contributed by atoms with Crippen LogP contribution in [0.2, 0.25) is 5.02 Å². The molecule has 0 spiro atoms. The largest absolute Gasteiger partial charge is 0.493 e. The summed E-state index contributed by atoms with van der Waals surface area (Å²) in [6, 6.07) is 8.29. The summed E-state index contributed by atoms with van der Waals surface area (Å²) in [6.45, 7) is 4.01. The molecule has 2 amide bonds. The van der Waals surface area contributed by atoms with Crippen LogP contribution in [-0.2, 0) is 4.79 Å². The van der Waals surface area contributed by atoms with Gasteiger partial charge in [0.15, 0.2) is 11.5 Å². The SMILES string of the molecule is COc1cc(C(=O)N2CSCC2C(=O)Nc2ccc(C)c(C)c2)cc(Cl)c1OC. The second-order valence-corrected chi connectivity index (χ2v) is 8.18. The quantitative estimate of drug-likeness (QED) is 0.766. The van der Waals surface area contributed by atoms with E-state index in [9.17, 15) is 9.59 Å². The van der Waals surface area contributed by atoms with E-state index in [2.05, 4.69) is 5.32 Å². The number of carbonyl (C=O) groups is 2. The second-order valence-electron chi connectivity index (χ2n) is 6.77. The van der Waals surface area contributed by atoms with E-state index in [0.717, 1.165) is 16.8 Å². The summed E-state index contributed by atoms with van der Waals surface area (Å²) in [6.07, 6.45) is 0.